The summed E-state index contributed by atoms with van der Waals surface area (Å²) in [6.45, 7) is 9.48. The van der Waals surface area contributed by atoms with Crippen LogP contribution in [0.2, 0.25) is 0 Å². The SMILES string of the molecule is C[C@@H]1C[C@H](C)CN(C2CCN(C(=O)c3ccc4c(=O)n5c(nc4c3)CCCCCC5)CC2)C1. The molecular weight excluding hydrogens is 412 g/mol. The lowest BCUT2D eigenvalue weighted by Crippen LogP contribution is -2.50. The van der Waals surface area contributed by atoms with Gasteiger partial charge in [-0.25, -0.2) is 4.98 Å². The summed E-state index contributed by atoms with van der Waals surface area (Å²) in [6.07, 6.45) is 8.72. The molecule has 0 N–H and O–H groups in total. The minimum absolute atomic E-state index is 0.0432. The molecule has 5 rings (SSSR count). The van der Waals surface area contributed by atoms with Crippen LogP contribution in [0.5, 0.6) is 0 Å². The van der Waals surface area contributed by atoms with E-state index in [-0.39, 0.29) is 11.5 Å². The molecule has 2 fully saturated rings. The van der Waals surface area contributed by atoms with E-state index >= 15 is 0 Å². The van der Waals surface area contributed by atoms with Crippen molar-refractivity contribution in [2.24, 2.45) is 11.8 Å². The van der Waals surface area contributed by atoms with Crippen LogP contribution in [-0.2, 0) is 13.0 Å². The largest absolute Gasteiger partial charge is 0.339 e. The quantitative estimate of drug-likeness (QED) is 0.691. The number of amides is 1. The summed E-state index contributed by atoms with van der Waals surface area (Å²) >= 11 is 0. The summed E-state index contributed by atoms with van der Waals surface area (Å²) < 4.78 is 1.86. The second-order valence-corrected chi connectivity index (χ2v) is 10.8. The molecule has 6 nitrogen and oxygen atoms in total. The lowest BCUT2D eigenvalue weighted by molar-refractivity contribution is 0.0450. The summed E-state index contributed by atoms with van der Waals surface area (Å²) in [7, 11) is 0. The second-order valence-electron chi connectivity index (χ2n) is 10.8. The Bertz CT molecular complexity index is 1060. The fourth-order valence-electron chi connectivity index (χ4n) is 6.35. The zero-order valence-corrected chi connectivity index (χ0v) is 20.3. The van der Waals surface area contributed by atoms with Gasteiger partial charge in [0.1, 0.15) is 5.82 Å². The van der Waals surface area contributed by atoms with E-state index in [0.29, 0.717) is 22.5 Å². The van der Waals surface area contributed by atoms with Gasteiger partial charge in [0.15, 0.2) is 0 Å². The molecule has 0 bridgehead atoms. The van der Waals surface area contributed by atoms with E-state index in [4.69, 9.17) is 4.98 Å². The third-order valence-electron chi connectivity index (χ3n) is 7.98. The molecule has 1 amide bonds. The number of aromatic nitrogens is 2. The van der Waals surface area contributed by atoms with Gasteiger partial charge in [0.25, 0.3) is 11.5 Å². The number of carbonyl (C=O) groups excluding carboxylic acids is 1. The van der Waals surface area contributed by atoms with Gasteiger partial charge in [-0.3, -0.25) is 19.1 Å². The molecule has 0 unspecified atom stereocenters. The lowest BCUT2D eigenvalue weighted by Gasteiger charge is -2.43. The number of nitrogens with zero attached hydrogens (tertiary/aromatic N) is 4. The summed E-state index contributed by atoms with van der Waals surface area (Å²) in [5.41, 5.74) is 1.37. The van der Waals surface area contributed by atoms with Gasteiger partial charge in [-0.1, -0.05) is 26.7 Å². The molecule has 2 aromatic rings. The molecule has 33 heavy (non-hydrogen) atoms. The summed E-state index contributed by atoms with van der Waals surface area (Å²) in [5, 5.41) is 0.628. The van der Waals surface area contributed by atoms with E-state index in [2.05, 4.69) is 18.7 Å². The first-order valence-corrected chi connectivity index (χ1v) is 13.1. The topological polar surface area (TPSA) is 58.4 Å². The third kappa shape index (κ3) is 4.72. The Kier molecular flexibility index (Phi) is 6.55. The number of hydrogen-bond acceptors (Lipinski definition) is 4. The van der Waals surface area contributed by atoms with Gasteiger partial charge in [0.05, 0.1) is 10.9 Å². The first-order chi connectivity index (χ1) is 16.0. The van der Waals surface area contributed by atoms with Crippen LogP contribution in [0, 0.1) is 11.8 Å². The van der Waals surface area contributed by atoms with E-state index in [1.807, 2.05) is 27.7 Å². The highest BCUT2D eigenvalue weighted by Crippen LogP contribution is 2.27. The van der Waals surface area contributed by atoms with Crippen LogP contribution >= 0.6 is 0 Å². The first-order valence-electron chi connectivity index (χ1n) is 13.1. The number of hydrogen-bond donors (Lipinski definition) is 0. The highest BCUT2D eigenvalue weighted by Gasteiger charge is 2.31. The molecule has 2 atom stereocenters. The van der Waals surface area contributed by atoms with Gasteiger partial charge in [0, 0.05) is 50.7 Å². The normalized spacial score (nSPS) is 25.5. The van der Waals surface area contributed by atoms with Crippen LogP contribution in [0.15, 0.2) is 23.0 Å². The van der Waals surface area contributed by atoms with Crippen LogP contribution in [-0.4, -0.2) is 57.5 Å². The minimum atomic E-state index is 0.0432. The molecule has 3 aliphatic heterocycles. The van der Waals surface area contributed by atoms with E-state index < -0.39 is 0 Å². The Labute approximate surface area is 197 Å². The molecule has 1 aromatic carbocycles. The van der Waals surface area contributed by atoms with Crippen LogP contribution in [0.25, 0.3) is 10.9 Å². The highest BCUT2D eigenvalue weighted by molar-refractivity contribution is 5.97. The number of piperidine rings is 2. The van der Waals surface area contributed by atoms with Crippen LogP contribution < -0.4 is 5.56 Å². The number of aryl methyl sites for hydroxylation is 1. The van der Waals surface area contributed by atoms with Crippen molar-refractivity contribution in [3.8, 4) is 0 Å². The van der Waals surface area contributed by atoms with Gasteiger partial charge < -0.3 is 4.90 Å². The van der Waals surface area contributed by atoms with E-state index in [0.717, 1.165) is 69.4 Å². The Morgan fingerprint density at radius 1 is 0.970 bits per heavy atom. The molecule has 0 spiro atoms. The maximum atomic E-state index is 13.3. The van der Waals surface area contributed by atoms with Crippen molar-refractivity contribution >= 4 is 16.8 Å². The number of fused-ring (bicyclic) bond motifs is 2. The average Bonchev–Trinajstić information content (AvgIpc) is 2.79. The fraction of sp³-hybridized carbons (Fsp3) is 0.667. The van der Waals surface area contributed by atoms with Gasteiger partial charge in [-0.15, -0.1) is 0 Å². The number of benzene rings is 1. The first kappa shape index (κ1) is 22.6. The molecule has 2 saturated heterocycles. The summed E-state index contributed by atoms with van der Waals surface area (Å²) in [5.74, 6) is 2.48. The van der Waals surface area contributed by atoms with Gasteiger partial charge >= 0.3 is 0 Å². The zero-order valence-electron chi connectivity index (χ0n) is 20.3. The smallest absolute Gasteiger partial charge is 0.261 e. The predicted octanol–water partition coefficient (Wildman–Crippen LogP) is 4.10. The molecule has 0 radical (unpaired) electrons. The van der Waals surface area contributed by atoms with Crippen molar-refractivity contribution in [1.29, 1.82) is 0 Å². The van der Waals surface area contributed by atoms with Crippen LogP contribution in [0.1, 0.15) is 75.0 Å². The Morgan fingerprint density at radius 3 is 2.45 bits per heavy atom. The van der Waals surface area contributed by atoms with Crippen LogP contribution in [0.4, 0.5) is 0 Å². The van der Waals surface area contributed by atoms with Crippen molar-refractivity contribution in [3.63, 3.8) is 0 Å². The highest BCUT2D eigenvalue weighted by atomic mass is 16.2. The molecule has 178 valence electrons. The van der Waals surface area contributed by atoms with Crippen molar-refractivity contribution in [2.45, 2.75) is 77.8 Å². The van der Waals surface area contributed by atoms with Gasteiger partial charge in [-0.2, -0.15) is 0 Å². The Morgan fingerprint density at radius 2 is 1.70 bits per heavy atom. The zero-order chi connectivity index (χ0) is 22.9. The summed E-state index contributed by atoms with van der Waals surface area (Å²) in [6, 6.07) is 6.08. The maximum absolute atomic E-state index is 13.3. The van der Waals surface area contributed by atoms with Crippen molar-refractivity contribution in [3.05, 3.63) is 39.9 Å². The van der Waals surface area contributed by atoms with Gasteiger partial charge in [0.2, 0.25) is 0 Å². The number of rotatable bonds is 2. The second kappa shape index (κ2) is 9.57. The van der Waals surface area contributed by atoms with E-state index in [1.54, 1.807) is 0 Å². The molecular formula is C27H38N4O2. The lowest BCUT2D eigenvalue weighted by atomic mass is 9.89. The van der Waals surface area contributed by atoms with Crippen molar-refractivity contribution in [2.75, 3.05) is 26.2 Å². The number of likely N-dealkylation sites (tertiary alicyclic amines) is 2. The molecule has 4 heterocycles. The maximum Gasteiger partial charge on any atom is 0.261 e. The molecule has 6 heteroatoms. The fourth-order valence-corrected chi connectivity index (χ4v) is 6.35. The van der Waals surface area contributed by atoms with Crippen molar-refractivity contribution in [1.82, 2.24) is 19.4 Å². The van der Waals surface area contributed by atoms with E-state index in [1.165, 1.54) is 32.4 Å². The third-order valence-corrected chi connectivity index (χ3v) is 7.98. The predicted molar refractivity (Wildman–Crippen MR) is 132 cm³/mol. The average molecular weight is 451 g/mol. The van der Waals surface area contributed by atoms with Gasteiger partial charge in [-0.05, 0) is 62.1 Å². The number of carbonyl (C=O) groups is 1. The Balaban J connectivity index is 1.31. The summed E-state index contributed by atoms with van der Waals surface area (Å²) in [4.78, 5) is 35.9. The van der Waals surface area contributed by atoms with Crippen molar-refractivity contribution < 1.29 is 4.79 Å². The minimum Gasteiger partial charge on any atom is -0.339 e. The Hall–Kier alpha value is -2.21. The molecule has 3 aliphatic rings. The monoisotopic (exact) mass is 450 g/mol. The molecule has 0 saturated carbocycles. The van der Waals surface area contributed by atoms with E-state index in [9.17, 15) is 9.59 Å². The molecule has 1 aromatic heterocycles. The molecule has 0 aliphatic carbocycles. The van der Waals surface area contributed by atoms with Crippen LogP contribution in [0.3, 0.4) is 0 Å². The standard InChI is InChI=1S/C27H38N4O2/c1-19-15-20(2)18-30(17-19)22-10-13-29(14-11-22)26(32)21-8-9-23-24(16-21)28-25-7-5-3-4-6-12-31(25)27(23)33/h8-9,16,19-20,22H,3-7,10-15,17-18H2,1-2H3/t19-,20+.